The maximum atomic E-state index is 12.7. The Labute approximate surface area is 131 Å². The Hall–Kier alpha value is -1.40. The minimum Gasteiger partial charge on any atom is -0.166 e. The predicted molar refractivity (Wildman–Crippen MR) is 71.9 cm³/mol. The summed E-state index contributed by atoms with van der Waals surface area (Å²) in [5.41, 5.74) is -2.31. The maximum Gasteiger partial charge on any atom is 0.416 e. The van der Waals surface area contributed by atoms with Gasteiger partial charge in [0.05, 0.1) is 11.1 Å². The molecule has 0 aromatic heterocycles. The van der Waals surface area contributed by atoms with Crippen LogP contribution in [0.4, 0.5) is 26.3 Å². The molecule has 0 saturated carbocycles. The molecule has 0 radical (unpaired) electrons. The Kier molecular flexibility index (Phi) is 4.37. The molecule has 2 aromatic rings. The van der Waals surface area contributed by atoms with E-state index < -0.39 is 23.5 Å². The Morgan fingerprint density at radius 1 is 0.545 bits per heavy atom. The van der Waals surface area contributed by atoms with Crippen LogP contribution in [0.5, 0.6) is 0 Å². The molecule has 22 heavy (non-hydrogen) atoms. The van der Waals surface area contributed by atoms with Crippen LogP contribution in [-0.4, -0.2) is 0 Å². The van der Waals surface area contributed by atoms with Crippen molar-refractivity contribution in [2.24, 2.45) is 0 Å². The van der Waals surface area contributed by atoms with Crippen LogP contribution in [0, 0.1) is 0 Å². The molecule has 0 aliphatic carbocycles. The van der Waals surface area contributed by atoms with Crippen molar-refractivity contribution in [3.63, 3.8) is 0 Å². The Morgan fingerprint density at radius 2 is 0.864 bits per heavy atom. The van der Waals surface area contributed by atoms with Crippen LogP contribution in [0.15, 0.2) is 36.4 Å². The molecule has 0 N–H and O–H groups in total. The third kappa shape index (κ3) is 3.87. The fourth-order valence-corrected chi connectivity index (χ4v) is 2.31. The number of rotatable bonds is 1. The van der Waals surface area contributed by atoms with E-state index >= 15 is 0 Å². The lowest BCUT2D eigenvalue weighted by Crippen LogP contribution is -2.06. The fraction of sp³-hybridized carbons (Fsp3) is 0.143. The summed E-state index contributed by atoms with van der Waals surface area (Å²) in [5, 5.41) is -0.475. The monoisotopic (exact) mass is 358 g/mol. The average Bonchev–Trinajstić information content (AvgIpc) is 2.35. The number of hydrogen-bond donors (Lipinski definition) is 0. The molecule has 0 aliphatic rings. The molecule has 2 aromatic carbocycles. The first-order valence-corrected chi connectivity index (χ1v) is 6.48. The van der Waals surface area contributed by atoms with Crippen molar-refractivity contribution in [1.29, 1.82) is 0 Å². The highest BCUT2D eigenvalue weighted by Crippen LogP contribution is 2.38. The van der Waals surface area contributed by atoms with Crippen LogP contribution in [0.2, 0.25) is 10.0 Å². The van der Waals surface area contributed by atoms with E-state index in [2.05, 4.69) is 0 Å². The molecule has 0 aliphatic heterocycles. The van der Waals surface area contributed by atoms with E-state index in [0.29, 0.717) is 12.1 Å². The van der Waals surface area contributed by atoms with Crippen molar-refractivity contribution in [2.45, 2.75) is 12.4 Å². The van der Waals surface area contributed by atoms with Gasteiger partial charge in [0, 0.05) is 10.0 Å². The lowest BCUT2D eigenvalue weighted by Gasteiger charge is -2.13. The van der Waals surface area contributed by atoms with Gasteiger partial charge in [-0.05, 0) is 47.5 Å². The number of alkyl halides is 6. The standard InChI is InChI=1S/C14H6Cl2F6/c15-11-3-7(1-9(5-11)13(17,18)19)8-2-10(14(20,21)22)6-12(16)4-8/h1-6H. The van der Waals surface area contributed by atoms with Gasteiger partial charge < -0.3 is 0 Å². The molecule has 0 heterocycles. The summed E-state index contributed by atoms with van der Waals surface area (Å²) in [6.07, 6.45) is -9.32. The van der Waals surface area contributed by atoms with Gasteiger partial charge in [0.2, 0.25) is 0 Å². The summed E-state index contributed by atoms with van der Waals surface area (Å²) < 4.78 is 76.5. The van der Waals surface area contributed by atoms with Gasteiger partial charge in [-0.15, -0.1) is 0 Å². The van der Waals surface area contributed by atoms with Crippen molar-refractivity contribution in [3.8, 4) is 11.1 Å². The first-order chi connectivity index (χ1) is 9.96. The van der Waals surface area contributed by atoms with Gasteiger partial charge in [-0.2, -0.15) is 26.3 Å². The fourth-order valence-electron chi connectivity index (χ4n) is 1.84. The molecule has 0 amide bonds. The molecule has 0 fully saturated rings. The van der Waals surface area contributed by atoms with E-state index in [4.69, 9.17) is 23.2 Å². The van der Waals surface area contributed by atoms with Gasteiger partial charge in [-0.25, -0.2) is 0 Å². The van der Waals surface area contributed by atoms with Gasteiger partial charge in [0.1, 0.15) is 0 Å². The van der Waals surface area contributed by atoms with Crippen molar-refractivity contribution in [3.05, 3.63) is 57.6 Å². The molecule has 0 saturated heterocycles. The number of halogens is 8. The molecule has 118 valence electrons. The molecule has 0 nitrogen and oxygen atoms in total. The van der Waals surface area contributed by atoms with E-state index in [-0.39, 0.29) is 21.2 Å². The maximum absolute atomic E-state index is 12.7. The summed E-state index contributed by atoms with van der Waals surface area (Å²) in [6.45, 7) is 0. The van der Waals surface area contributed by atoms with Crippen LogP contribution >= 0.6 is 23.2 Å². The molecule has 0 atom stereocenters. The van der Waals surface area contributed by atoms with Crippen molar-refractivity contribution >= 4 is 23.2 Å². The van der Waals surface area contributed by atoms with Crippen LogP contribution in [0.1, 0.15) is 11.1 Å². The Balaban J connectivity index is 2.62. The highest BCUT2D eigenvalue weighted by Gasteiger charge is 2.33. The molecular weight excluding hydrogens is 353 g/mol. The van der Waals surface area contributed by atoms with Crippen LogP contribution in [-0.2, 0) is 12.4 Å². The molecule has 8 heteroatoms. The highest BCUT2D eigenvalue weighted by molar-refractivity contribution is 6.31. The zero-order chi connectivity index (χ0) is 16.7. The summed E-state index contributed by atoms with van der Waals surface area (Å²) in [7, 11) is 0. The third-order valence-electron chi connectivity index (χ3n) is 2.78. The minimum atomic E-state index is -4.66. The topological polar surface area (TPSA) is 0 Å². The molecular formula is C14H6Cl2F6. The number of hydrogen-bond acceptors (Lipinski definition) is 0. The van der Waals surface area contributed by atoms with E-state index in [9.17, 15) is 26.3 Å². The van der Waals surface area contributed by atoms with Crippen molar-refractivity contribution in [1.82, 2.24) is 0 Å². The largest absolute Gasteiger partial charge is 0.416 e. The smallest absolute Gasteiger partial charge is 0.166 e. The first-order valence-electron chi connectivity index (χ1n) is 5.73. The lowest BCUT2D eigenvalue weighted by molar-refractivity contribution is -0.138. The summed E-state index contributed by atoms with van der Waals surface area (Å²) in [4.78, 5) is 0. The first kappa shape index (κ1) is 17.0. The summed E-state index contributed by atoms with van der Waals surface area (Å²) in [6, 6.07) is 5.11. The van der Waals surface area contributed by atoms with E-state index in [1.807, 2.05) is 0 Å². The second-order valence-electron chi connectivity index (χ2n) is 4.45. The van der Waals surface area contributed by atoms with Crippen molar-refractivity contribution < 1.29 is 26.3 Å². The molecule has 0 spiro atoms. The third-order valence-corrected chi connectivity index (χ3v) is 3.22. The van der Waals surface area contributed by atoms with Gasteiger partial charge in [0.25, 0.3) is 0 Å². The SMILES string of the molecule is FC(F)(F)c1cc(Cl)cc(-c2cc(Cl)cc(C(F)(F)F)c2)c1. The second kappa shape index (κ2) is 5.66. The van der Waals surface area contributed by atoms with E-state index in [1.165, 1.54) is 0 Å². The van der Waals surface area contributed by atoms with Gasteiger partial charge in [-0.3, -0.25) is 0 Å². The number of benzene rings is 2. The van der Waals surface area contributed by atoms with Gasteiger partial charge in [0.15, 0.2) is 0 Å². The average molecular weight is 359 g/mol. The Bertz CT molecular complexity index is 642. The zero-order valence-corrected chi connectivity index (χ0v) is 12.0. The van der Waals surface area contributed by atoms with Gasteiger partial charge in [-0.1, -0.05) is 23.2 Å². The highest BCUT2D eigenvalue weighted by atomic mass is 35.5. The van der Waals surface area contributed by atoms with Gasteiger partial charge >= 0.3 is 12.4 Å². The predicted octanol–water partition coefficient (Wildman–Crippen LogP) is 6.70. The normalized spacial score (nSPS) is 12.5. The van der Waals surface area contributed by atoms with E-state index in [1.54, 1.807) is 0 Å². The van der Waals surface area contributed by atoms with Crippen LogP contribution in [0.3, 0.4) is 0 Å². The summed E-state index contributed by atoms with van der Waals surface area (Å²) in [5.74, 6) is 0. The zero-order valence-electron chi connectivity index (χ0n) is 10.5. The summed E-state index contributed by atoms with van der Waals surface area (Å²) >= 11 is 11.2. The molecule has 2 rings (SSSR count). The minimum absolute atomic E-state index is 0.104. The second-order valence-corrected chi connectivity index (χ2v) is 5.33. The molecule has 0 bridgehead atoms. The van der Waals surface area contributed by atoms with Crippen molar-refractivity contribution in [2.75, 3.05) is 0 Å². The van der Waals surface area contributed by atoms with Crippen LogP contribution < -0.4 is 0 Å². The van der Waals surface area contributed by atoms with Crippen LogP contribution in [0.25, 0.3) is 11.1 Å². The van der Waals surface area contributed by atoms with E-state index in [0.717, 1.165) is 24.3 Å². The lowest BCUT2D eigenvalue weighted by atomic mass is 10.0. The quantitative estimate of drug-likeness (QED) is 0.497. The molecule has 0 unspecified atom stereocenters. The Morgan fingerprint density at radius 3 is 1.14 bits per heavy atom.